The largest absolute Gasteiger partial charge is 0.498 e. The molecule has 0 spiro atoms. The highest BCUT2D eigenvalue weighted by atomic mass is 16.7. The van der Waals surface area contributed by atoms with Crippen LogP contribution in [0.15, 0.2) is 30.0 Å². The van der Waals surface area contributed by atoms with E-state index < -0.39 is 0 Å². The second-order valence-corrected chi connectivity index (χ2v) is 4.73. The lowest BCUT2D eigenvalue weighted by atomic mass is 9.86. The summed E-state index contributed by atoms with van der Waals surface area (Å²) in [5, 5.41) is 0. The second kappa shape index (κ2) is 4.96. The predicted molar refractivity (Wildman–Crippen MR) is 69.3 cm³/mol. The quantitative estimate of drug-likeness (QED) is 0.838. The van der Waals surface area contributed by atoms with Gasteiger partial charge in [0.05, 0.1) is 6.61 Å². The highest BCUT2D eigenvalue weighted by Crippen LogP contribution is 2.38. The monoisotopic (exact) mass is 260 g/mol. The zero-order chi connectivity index (χ0) is 13.2. The van der Waals surface area contributed by atoms with E-state index in [-0.39, 0.29) is 18.5 Å². The molecule has 100 valence electrons. The number of carbonyl (C=O) groups is 1. The summed E-state index contributed by atoms with van der Waals surface area (Å²) in [6.45, 7) is 2.79. The molecule has 4 heteroatoms. The first-order valence-corrected chi connectivity index (χ1v) is 6.52. The molecule has 1 aliphatic carbocycles. The number of carbonyl (C=O) groups excluding carboxylic acids is 1. The van der Waals surface area contributed by atoms with Crippen molar-refractivity contribution in [1.29, 1.82) is 0 Å². The Kier molecular flexibility index (Phi) is 3.15. The van der Waals surface area contributed by atoms with Crippen LogP contribution >= 0.6 is 0 Å². The molecule has 2 aliphatic rings. The van der Waals surface area contributed by atoms with Gasteiger partial charge in [-0.1, -0.05) is 6.07 Å². The molecule has 3 rings (SSSR count). The van der Waals surface area contributed by atoms with Crippen molar-refractivity contribution < 1.29 is 19.0 Å². The van der Waals surface area contributed by atoms with E-state index in [2.05, 4.69) is 0 Å². The topological polar surface area (TPSA) is 44.8 Å². The van der Waals surface area contributed by atoms with Crippen LogP contribution in [-0.4, -0.2) is 19.2 Å². The van der Waals surface area contributed by atoms with Crippen molar-refractivity contribution in [2.45, 2.75) is 25.7 Å². The smallest absolute Gasteiger partial charge is 0.231 e. The number of ether oxygens (including phenoxy) is 3. The molecular formula is C15H16O4. The van der Waals surface area contributed by atoms with Gasteiger partial charge in [-0.05, 0) is 30.5 Å². The Bertz CT molecular complexity index is 533. The maximum Gasteiger partial charge on any atom is 0.231 e. The van der Waals surface area contributed by atoms with Gasteiger partial charge in [0.15, 0.2) is 17.3 Å². The fourth-order valence-electron chi connectivity index (χ4n) is 2.54. The van der Waals surface area contributed by atoms with E-state index in [4.69, 9.17) is 14.2 Å². The lowest BCUT2D eigenvalue weighted by Gasteiger charge is -2.22. The molecule has 1 heterocycles. The van der Waals surface area contributed by atoms with Crippen LogP contribution < -0.4 is 9.47 Å². The molecule has 0 amide bonds. The van der Waals surface area contributed by atoms with Gasteiger partial charge in [0.2, 0.25) is 6.79 Å². The van der Waals surface area contributed by atoms with Crippen LogP contribution in [0.2, 0.25) is 0 Å². The molecule has 0 saturated heterocycles. The molecule has 0 saturated carbocycles. The zero-order valence-corrected chi connectivity index (χ0v) is 10.8. The van der Waals surface area contributed by atoms with Crippen LogP contribution in [0.1, 0.15) is 31.2 Å². The van der Waals surface area contributed by atoms with Crippen molar-refractivity contribution in [3.63, 3.8) is 0 Å². The molecule has 0 radical (unpaired) electrons. The van der Waals surface area contributed by atoms with Crippen molar-refractivity contribution in [3.05, 3.63) is 35.6 Å². The van der Waals surface area contributed by atoms with Gasteiger partial charge in [-0.2, -0.15) is 0 Å². The number of hydrogen-bond acceptors (Lipinski definition) is 4. The van der Waals surface area contributed by atoms with E-state index in [1.165, 1.54) is 0 Å². The van der Waals surface area contributed by atoms with Gasteiger partial charge in [0, 0.05) is 18.9 Å². The molecule has 4 nitrogen and oxygen atoms in total. The third-order valence-corrected chi connectivity index (χ3v) is 3.41. The van der Waals surface area contributed by atoms with Crippen molar-refractivity contribution in [3.8, 4) is 11.5 Å². The third kappa shape index (κ3) is 2.43. The summed E-state index contributed by atoms with van der Waals surface area (Å²) in [5.74, 6) is 2.59. The second-order valence-electron chi connectivity index (χ2n) is 4.73. The molecule has 0 aromatic heterocycles. The van der Waals surface area contributed by atoms with E-state index in [0.29, 0.717) is 13.0 Å². The van der Waals surface area contributed by atoms with Gasteiger partial charge in [0.1, 0.15) is 5.76 Å². The minimum Gasteiger partial charge on any atom is -0.498 e. The summed E-state index contributed by atoms with van der Waals surface area (Å²) in [6.07, 6.45) is 2.91. The van der Waals surface area contributed by atoms with Crippen molar-refractivity contribution in [2.24, 2.45) is 0 Å². The number of rotatable bonds is 3. The first kappa shape index (κ1) is 12.1. The first-order valence-electron chi connectivity index (χ1n) is 6.52. The maximum atomic E-state index is 11.8. The summed E-state index contributed by atoms with van der Waals surface area (Å²) < 4.78 is 16.2. The summed E-state index contributed by atoms with van der Waals surface area (Å²) in [5.41, 5.74) is 1.10. The Hall–Kier alpha value is -1.97. The minimum absolute atomic E-state index is 0.123. The first-order chi connectivity index (χ1) is 9.26. The molecule has 1 atom stereocenters. The van der Waals surface area contributed by atoms with Crippen LogP contribution in [0.3, 0.4) is 0 Å². The van der Waals surface area contributed by atoms with Gasteiger partial charge in [-0.25, -0.2) is 0 Å². The van der Waals surface area contributed by atoms with Gasteiger partial charge in [-0.15, -0.1) is 0 Å². The summed E-state index contributed by atoms with van der Waals surface area (Å²) in [7, 11) is 0. The molecule has 0 fully saturated rings. The lowest BCUT2D eigenvalue weighted by Crippen LogP contribution is -2.14. The van der Waals surface area contributed by atoms with Gasteiger partial charge < -0.3 is 14.2 Å². The van der Waals surface area contributed by atoms with Crippen molar-refractivity contribution in [2.75, 3.05) is 13.4 Å². The average molecular weight is 260 g/mol. The summed E-state index contributed by atoms with van der Waals surface area (Å²) in [4.78, 5) is 11.8. The van der Waals surface area contributed by atoms with Crippen LogP contribution in [-0.2, 0) is 9.53 Å². The van der Waals surface area contributed by atoms with Crippen LogP contribution in [0.25, 0.3) is 0 Å². The molecule has 1 aromatic rings. The van der Waals surface area contributed by atoms with Gasteiger partial charge >= 0.3 is 0 Å². The van der Waals surface area contributed by atoms with Gasteiger partial charge in [0.25, 0.3) is 0 Å². The number of allylic oxidation sites excluding steroid dienone is 2. The van der Waals surface area contributed by atoms with Crippen LogP contribution in [0, 0.1) is 0 Å². The molecule has 1 aromatic carbocycles. The van der Waals surface area contributed by atoms with Crippen molar-refractivity contribution >= 4 is 5.78 Å². The Morgan fingerprint density at radius 1 is 1.26 bits per heavy atom. The van der Waals surface area contributed by atoms with E-state index in [9.17, 15) is 4.79 Å². The average Bonchev–Trinajstić information content (AvgIpc) is 2.85. The van der Waals surface area contributed by atoms with E-state index >= 15 is 0 Å². The normalized spacial score (nSPS) is 21.2. The Morgan fingerprint density at radius 2 is 2.11 bits per heavy atom. The number of ketones is 1. The molecule has 1 aliphatic heterocycles. The van der Waals surface area contributed by atoms with E-state index in [1.807, 2.05) is 25.1 Å². The van der Waals surface area contributed by atoms with Crippen LogP contribution in [0.5, 0.6) is 11.5 Å². The number of benzene rings is 1. The number of hydrogen-bond donors (Lipinski definition) is 0. The zero-order valence-electron chi connectivity index (χ0n) is 10.8. The van der Waals surface area contributed by atoms with E-state index in [0.717, 1.165) is 29.2 Å². The van der Waals surface area contributed by atoms with Crippen molar-refractivity contribution in [1.82, 2.24) is 0 Å². The van der Waals surface area contributed by atoms with Gasteiger partial charge in [-0.3, -0.25) is 4.79 Å². The highest BCUT2D eigenvalue weighted by molar-refractivity contribution is 5.91. The Morgan fingerprint density at radius 3 is 2.95 bits per heavy atom. The fourth-order valence-corrected chi connectivity index (χ4v) is 2.54. The molecule has 0 N–H and O–H groups in total. The SMILES string of the molecule is CCOC1=CC(=O)CC(c2ccc3c(c2)OCO3)C1. The molecule has 19 heavy (non-hydrogen) atoms. The molecule has 1 unspecified atom stereocenters. The maximum absolute atomic E-state index is 11.8. The molecular weight excluding hydrogens is 244 g/mol. The van der Waals surface area contributed by atoms with Crippen LogP contribution in [0.4, 0.5) is 0 Å². The Balaban J connectivity index is 1.83. The third-order valence-electron chi connectivity index (χ3n) is 3.41. The standard InChI is InChI=1S/C15H16O4/c1-2-17-13-6-11(5-12(16)8-13)10-3-4-14-15(7-10)19-9-18-14/h3-4,7-8,11H,2,5-6,9H2,1H3. The predicted octanol–water partition coefficient (Wildman–Crippen LogP) is 2.78. The Labute approximate surface area is 112 Å². The molecule has 0 bridgehead atoms. The van der Waals surface area contributed by atoms with E-state index in [1.54, 1.807) is 6.08 Å². The minimum atomic E-state index is 0.123. The fraction of sp³-hybridized carbons (Fsp3) is 0.400. The summed E-state index contributed by atoms with van der Waals surface area (Å²) in [6, 6.07) is 5.87. The highest BCUT2D eigenvalue weighted by Gasteiger charge is 2.25. The lowest BCUT2D eigenvalue weighted by molar-refractivity contribution is -0.115. The summed E-state index contributed by atoms with van der Waals surface area (Å²) >= 11 is 0. The number of fused-ring (bicyclic) bond motifs is 1.